The van der Waals surface area contributed by atoms with Gasteiger partial charge in [0.25, 0.3) is 0 Å². The number of benzene rings is 3. The second-order valence-corrected chi connectivity index (χ2v) is 8.16. The molecule has 0 aliphatic heterocycles. The number of hydrogen-bond acceptors (Lipinski definition) is 2. The summed E-state index contributed by atoms with van der Waals surface area (Å²) in [6.07, 6.45) is 8.86. The summed E-state index contributed by atoms with van der Waals surface area (Å²) in [5, 5.41) is 18.7. The molecular formula is C28H31ClO4. The van der Waals surface area contributed by atoms with Gasteiger partial charge in [0.05, 0.1) is 11.1 Å². The summed E-state index contributed by atoms with van der Waals surface area (Å²) in [6, 6.07) is 20.2. The first-order chi connectivity index (χ1) is 15.5. The molecule has 4 nitrogen and oxygen atoms in total. The van der Waals surface area contributed by atoms with Crippen molar-refractivity contribution < 1.29 is 19.8 Å². The smallest absolute Gasteiger partial charge is 0.336 e. The number of hydrogen-bond donors (Lipinski definition) is 2. The average Bonchev–Trinajstić information content (AvgIpc) is 2.81. The van der Waals surface area contributed by atoms with Gasteiger partial charge in [0, 0.05) is 0 Å². The van der Waals surface area contributed by atoms with Crippen LogP contribution >= 0.6 is 12.4 Å². The fraction of sp³-hybridized carbons (Fsp3) is 0.286. The van der Waals surface area contributed by atoms with Gasteiger partial charge >= 0.3 is 11.9 Å². The number of carbonyl (C=O) groups is 2. The Balaban J connectivity index is 0.00000385. The lowest BCUT2D eigenvalue weighted by molar-refractivity contribution is 0.0682. The molecule has 0 aliphatic rings. The highest BCUT2D eigenvalue weighted by Gasteiger charge is 2.15. The number of carboxylic acids is 2. The first-order valence-electron chi connectivity index (χ1n) is 11.3. The van der Waals surface area contributed by atoms with Crippen LogP contribution < -0.4 is 0 Å². The molecule has 0 radical (unpaired) electrons. The van der Waals surface area contributed by atoms with Crippen LogP contribution in [0.2, 0.25) is 0 Å². The summed E-state index contributed by atoms with van der Waals surface area (Å²) in [5.41, 5.74) is 4.70. The lowest BCUT2D eigenvalue weighted by Crippen LogP contribution is -2.03. The summed E-state index contributed by atoms with van der Waals surface area (Å²) >= 11 is 0. The number of unbranched alkanes of at least 4 members (excludes halogenated alkanes) is 5. The molecule has 3 aromatic rings. The number of aromatic carboxylic acids is 2. The lowest BCUT2D eigenvalue weighted by Gasteiger charge is -2.10. The van der Waals surface area contributed by atoms with E-state index in [0.29, 0.717) is 11.1 Å². The fourth-order valence-electron chi connectivity index (χ4n) is 3.92. The molecule has 33 heavy (non-hydrogen) atoms. The maximum absolute atomic E-state index is 11.6. The van der Waals surface area contributed by atoms with Crippen molar-refractivity contribution in [2.45, 2.75) is 51.9 Å². The van der Waals surface area contributed by atoms with Crippen molar-refractivity contribution >= 4 is 24.3 Å². The minimum absolute atomic E-state index is 0. The third-order valence-corrected chi connectivity index (χ3v) is 5.80. The molecule has 0 aliphatic carbocycles. The number of halogens is 1. The Labute approximate surface area is 201 Å². The van der Waals surface area contributed by atoms with Crippen molar-refractivity contribution in [1.82, 2.24) is 0 Å². The SMILES string of the molecule is CCCCCCCCc1ccc(-c2ccc(-c3cc(C(=O)O)ccc3C(=O)O)cc2)cc1.Cl. The van der Waals surface area contributed by atoms with Crippen molar-refractivity contribution in [3.63, 3.8) is 0 Å². The molecular weight excluding hydrogens is 436 g/mol. The highest BCUT2D eigenvalue weighted by Crippen LogP contribution is 2.29. The van der Waals surface area contributed by atoms with E-state index in [0.717, 1.165) is 17.5 Å². The summed E-state index contributed by atoms with van der Waals surface area (Å²) < 4.78 is 0. The predicted molar refractivity (Wildman–Crippen MR) is 136 cm³/mol. The molecule has 0 spiro atoms. The molecule has 0 aromatic heterocycles. The zero-order chi connectivity index (χ0) is 22.9. The van der Waals surface area contributed by atoms with Crippen LogP contribution in [0.1, 0.15) is 71.7 Å². The van der Waals surface area contributed by atoms with Crippen LogP contribution in [-0.4, -0.2) is 22.2 Å². The summed E-state index contributed by atoms with van der Waals surface area (Å²) in [5.74, 6) is -2.16. The Morgan fingerprint density at radius 3 is 1.79 bits per heavy atom. The zero-order valence-corrected chi connectivity index (χ0v) is 19.7. The van der Waals surface area contributed by atoms with Gasteiger partial charge in [0.1, 0.15) is 0 Å². The Hall–Kier alpha value is -3.11. The van der Waals surface area contributed by atoms with Crippen molar-refractivity contribution in [2.24, 2.45) is 0 Å². The molecule has 0 atom stereocenters. The predicted octanol–water partition coefficient (Wildman–Crippen LogP) is 7.74. The quantitative estimate of drug-likeness (QED) is 0.283. The van der Waals surface area contributed by atoms with Gasteiger partial charge in [-0.05, 0) is 58.9 Å². The van der Waals surface area contributed by atoms with E-state index in [-0.39, 0.29) is 23.5 Å². The molecule has 2 N–H and O–H groups in total. The van der Waals surface area contributed by atoms with Gasteiger partial charge in [0.2, 0.25) is 0 Å². The fourth-order valence-corrected chi connectivity index (χ4v) is 3.92. The third-order valence-electron chi connectivity index (χ3n) is 5.80. The van der Waals surface area contributed by atoms with Crippen molar-refractivity contribution in [2.75, 3.05) is 0 Å². The average molecular weight is 467 g/mol. The zero-order valence-electron chi connectivity index (χ0n) is 18.9. The van der Waals surface area contributed by atoms with E-state index in [2.05, 4.69) is 31.2 Å². The van der Waals surface area contributed by atoms with Gasteiger partial charge in [0.15, 0.2) is 0 Å². The molecule has 0 unspecified atom stereocenters. The number of rotatable bonds is 11. The van der Waals surface area contributed by atoms with E-state index < -0.39 is 11.9 Å². The largest absolute Gasteiger partial charge is 0.478 e. The summed E-state index contributed by atoms with van der Waals surface area (Å²) in [7, 11) is 0. The first kappa shape index (κ1) is 26.1. The maximum Gasteiger partial charge on any atom is 0.336 e. The van der Waals surface area contributed by atoms with Crippen LogP contribution in [0.25, 0.3) is 22.3 Å². The van der Waals surface area contributed by atoms with Crippen LogP contribution in [0, 0.1) is 0 Å². The molecule has 0 saturated heterocycles. The molecule has 0 saturated carbocycles. The second kappa shape index (κ2) is 12.8. The van der Waals surface area contributed by atoms with E-state index in [1.54, 1.807) is 0 Å². The maximum atomic E-state index is 11.6. The van der Waals surface area contributed by atoms with E-state index in [1.807, 2.05) is 24.3 Å². The molecule has 3 aromatic carbocycles. The molecule has 3 rings (SSSR count). The van der Waals surface area contributed by atoms with Crippen molar-refractivity contribution in [3.8, 4) is 22.3 Å². The standard InChI is InChI=1S/C28H30O4.ClH/c1-2-3-4-5-6-7-8-20-9-11-21(12-10-20)22-13-15-23(16-14-22)26-19-24(27(29)30)17-18-25(26)28(31)32;/h9-19H,2-8H2,1H3,(H,29,30)(H,31,32);1H. The van der Waals surface area contributed by atoms with Crippen LogP contribution in [0.3, 0.4) is 0 Å². The van der Waals surface area contributed by atoms with Gasteiger partial charge < -0.3 is 10.2 Å². The highest BCUT2D eigenvalue weighted by atomic mass is 35.5. The first-order valence-corrected chi connectivity index (χ1v) is 11.3. The van der Waals surface area contributed by atoms with Crippen LogP contribution in [0.5, 0.6) is 0 Å². The van der Waals surface area contributed by atoms with Gasteiger partial charge in [-0.1, -0.05) is 87.6 Å². The number of carboxylic acid groups (broad SMARTS) is 2. The molecule has 174 valence electrons. The van der Waals surface area contributed by atoms with Crippen LogP contribution in [-0.2, 0) is 6.42 Å². The van der Waals surface area contributed by atoms with E-state index in [1.165, 1.54) is 62.3 Å². The Morgan fingerprint density at radius 2 is 1.21 bits per heavy atom. The lowest BCUT2D eigenvalue weighted by atomic mass is 9.95. The minimum Gasteiger partial charge on any atom is -0.478 e. The molecule has 0 heterocycles. The van der Waals surface area contributed by atoms with Crippen molar-refractivity contribution in [3.05, 3.63) is 83.4 Å². The van der Waals surface area contributed by atoms with E-state index in [4.69, 9.17) is 0 Å². The molecule has 0 amide bonds. The van der Waals surface area contributed by atoms with E-state index in [9.17, 15) is 19.8 Å². The van der Waals surface area contributed by atoms with Crippen LogP contribution in [0.4, 0.5) is 0 Å². The van der Waals surface area contributed by atoms with E-state index >= 15 is 0 Å². The molecule has 0 bridgehead atoms. The minimum atomic E-state index is -1.08. The normalized spacial score (nSPS) is 10.5. The van der Waals surface area contributed by atoms with Crippen LogP contribution in [0.15, 0.2) is 66.7 Å². The number of aryl methyl sites for hydroxylation is 1. The summed E-state index contributed by atoms with van der Waals surface area (Å²) in [4.78, 5) is 22.9. The highest BCUT2D eigenvalue weighted by molar-refractivity contribution is 5.99. The van der Waals surface area contributed by atoms with Gasteiger partial charge in [-0.15, -0.1) is 12.4 Å². The molecule has 0 fully saturated rings. The summed E-state index contributed by atoms with van der Waals surface area (Å²) in [6.45, 7) is 2.24. The Kier molecular flexibility index (Phi) is 10.1. The van der Waals surface area contributed by atoms with Gasteiger partial charge in [-0.3, -0.25) is 0 Å². The topological polar surface area (TPSA) is 74.6 Å². The monoisotopic (exact) mass is 466 g/mol. The Morgan fingerprint density at radius 1 is 0.667 bits per heavy atom. The van der Waals surface area contributed by atoms with Gasteiger partial charge in [-0.2, -0.15) is 0 Å². The molecule has 5 heteroatoms. The van der Waals surface area contributed by atoms with Gasteiger partial charge in [-0.25, -0.2) is 9.59 Å². The third kappa shape index (κ3) is 7.19. The second-order valence-electron chi connectivity index (χ2n) is 8.16. The van der Waals surface area contributed by atoms with Crippen molar-refractivity contribution in [1.29, 1.82) is 0 Å². The Bertz CT molecular complexity index is 1060.